The van der Waals surface area contributed by atoms with E-state index in [1.807, 2.05) is 37.8 Å². The molecule has 5 nitrogen and oxygen atoms in total. The molecule has 0 spiro atoms. The van der Waals surface area contributed by atoms with E-state index in [9.17, 15) is 12.8 Å². The first-order chi connectivity index (χ1) is 13.3. The predicted octanol–water partition coefficient (Wildman–Crippen LogP) is 2.85. The number of aryl methyl sites for hydroxylation is 3. The van der Waals surface area contributed by atoms with Gasteiger partial charge < -0.3 is 4.90 Å². The van der Waals surface area contributed by atoms with E-state index in [0.717, 1.165) is 42.9 Å². The second-order valence-corrected chi connectivity index (χ2v) is 9.12. The molecular weight excluding hydrogens is 377 g/mol. The van der Waals surface area contributed by atoms with Crippen LogP contribution in [0.4, 0.5) is 10.1 Å². The molecular formula is C21H28FN3O2S. The van der Waals surface area contributed by atoms with Gasteiger partial charge in [-0.25, -0.2) is 17.5 Å². The van der Waals surface area contributed by atoms with Crippen molar-refractivity contribution in [1.29, 1.82) is 0 Å². The van der Waals surface area contributed by atoms with Gasteiger partial charge in [-0.1, -0.05) is 18.2 Å². The van der Waals surface area contributed by atoms with Crippen LogP contribution in [-0.4, -0.2) is 52.6 Å². The highest BCUT2D eigenvalue weighted by Crippen LogP contribution is 2.21. The van der Waals surface area contributed by atoms with E-state index >= 15 is 0 Å². The Bertz CT molecular complexity index is 939. The minimum Gasteiger partial charge on any atom is -0.367 e. The molecule has 2 aromatic rings. The Hall–Kier alpha value is -1.96. The van der Waals surface area contributed by atoms with E-state index in [0.29, 0.717) is 23.7 Å². The van der Waals surface area contributed by atoms with E-state index in [-0.39, 0.29) is 5.82 Å². The fourth-order valence-electron chi connectivity index (χ4n) is 3.56. The number of benzene rings is 2. The number of hydrogen-bond donors (Lipinski definition) is 1. The van der Waals surface area contributed by atoms with Crippen LogP contribution in [0.5, 0.6) is 0 Å². The smallest absolute Gasteiger partial charge is 0.240 e. The van der Waals surface area contributed by atoms with E-state index in [1.54, 1.807) is 18.2 Å². The van der Waals surface area contributed by atoms with Crippen LogP contribution in [-0.2, 0) is 10.0 Å². The molecule has 28 heavy (non-hydrogen) atoms. The van der Waals surface area contributed by atoms with Crippen LogP contribution in [0.15, 0.2) is 41.3 Å². The number of hydrogen-bond acceptors (Lipinski definition) is 4. The summed E-state index contributed by atoms with van der Waals surface area (Å²) in [5, 5.41) is 0. The maximum atomic E-state index is 13.9. The summed E-state index contributed by atoms with van der Waals surface area (Å²) in [4.78, 5) is 4.58. The van der Waals surface area contributed by atoms with Gasteiger partial charge in [-0.2, -0.15) is 0 Å². The lowest BCUT2D eigenvalue weighted by atomic mass is 10.1. The van der Waals surface area contributed by atoms with Crippen molar-refractivity contribution in [2.75, 3.05) is 44.2 Å². The molecule has 1 aliphatic rings. The van der Waals surface area contributed by atoms with Gasteiger partial charge in [0.2, 0.25) is 10.0 Å². The SMILES string of the molecule is Cc1cc(C)c(S(=O)(=O)NCCN2CCN(c3ccccc3F)CC2)cc1C. The van der Waals surface area contributed by atoms with Crippen LogP contribution in [0, 0.1) is 26.6 Å². The molecule has 0 radical (unpaired) electrons. The highest BCUT2D eigenvalue weighted by atomic mass is 32.2. The van der Waals surface area contributed by atoms with Crippen molar-refractivity contribution in [3.8, 4) is 0 Å². The van der Waals surface area contributed by atoms with Crippen LogP contribution in [0.2, 0.25) is 0 Å². The van der Waals surface area contributed by atoms with E-state index in [1.165, 1.54) is 6.07 Å². The first-order valence-corrected chi connectivity index (χ1v) is 11.1. The fourth-order valence-corrected chi connectivity index (χ4v) is 4.89. The molecule has 1 fully saturated rings. The van der Waals surface area contributed by atoms with Gasteiger partial charge in [-0.3, -0.25) is 4.90 Å². The van der Waals surface area contributed by atoms with Gasteiger partial charge in [0.15, 0.2) is 0 Å². The van der Waals surface area contributed by atoms with Crippen molar-refractivity contribution in [2.24, 2.45) is 0 Å². The van der Waals surface area contributed by atoms with Crippen molar-refractivity contribution in [3.63, 3.8) is 0 Å². The van der Waals surface area contributed by atoms with E-state index in [4.69, 9.17) is 0 Å². The third kappa shape index (κ3) is 4.71. The molecule has 0 atom stereocenters. The molecule has 2 aromatic carbocycles. The van der Waals surface area contributed by atoms with Gasteiger partial charge in [0.25, 0.3) is 0 Å². The molecule has 1 N–H and O–H groups in total. The van der Waals surface area contributed by atoms with Crippen molar-refractivity contribution >= 4 is 15.7 Å². The number of halogens is 1. The number of piperazine rings is 1. The van der Waals surface area contributed by atoms with Gasteiger partial charge in [0.05, 0.1) is 10.6 Å². The maximum absolute atomic E-state index is 13.9. The third-order valence-corrected chi connectivity index (χ3v) is 6.97. The topological polar surface area (TPSA) is 52.7 Å². The monoisotopic (exact) mass is 405 g/mol. The molecule has 0 aromatic heterocycles. The molecule has 0 unspecified atom stereocenters. The zero-order valence-corrected chi connectivity index (χ0v) is 17.5. The van der Waals surface area contributed by atoms with Gasteiger partial charge >= 0.3 is 0 Å². The number of nitrogens with zero attached hydrogens (tertiary/aromatic N) is 2. The Morgan fingerprint density at radius 1 is 0.964 bits per heavy atom. The van der Waals surface area contributed by atoms with Crippen LogP contribution in [0.3, 0.4) is 0 Å². The average Bonchev–Trinajstić information content (AvgIpc) is 2.65. The van der Waals surface area contributed by atoms with Crippen molar-refractivity contribution in [3.05, 3.63) is 58.9 Å². The second kappa shape index (κ2) is 8.59. The molecule has 1 heterocycles. The number of anilines is 1. The first kappa shape index (κ1) is 20.8. The zero-order chi connectivity index (χ0) is 20.3. The number of para-hydroxylation sites is 1. The van der Waals surface area contributed by atoms with E-state index < -0.39 is 10.0 Å². The van der Waals surface area contributed by atoms with Gasteiger partial charge in [-0.15, -0.1) is 0 Å². The highest BCUT2D eigenvalue weighted by Gasteiger charge is 2.21. The van der Waals surface area contributed by atoms with Crippen LogP contribution >= 0.6 is 0 Å². The van der Waals surface area contributed by atoms with Crippen molar-refractivity contribution < 1.29 is 12.8 Å². The molecule has 0 aliphatic carbocycles. The summed E-state index contributed by atoms with van der Waals surface area (Å²) in [6.45, 7) is 9.72. The second-order valence-electron chi connectivity index (χ2n) is 7.38. The Labute approximate surface area is 167 Å². The van der Waals surface area contributed by atoms with E-state index in [2.05, 4.69) is 9.62 Å². The molecule has 0 amide bonds. The molecule has 7 heteroatoms. The van der Waals surface area contributed by atoms with Crippen molar-refractivity contribution in [2.45, 2.75) is 25.7 Å². The van der Waals surface area contributed by atoms with Crippen LogP contribution in [0.1, 0.15) is 16.7 Å². The summed E-state index contributed by atoms with van der Waals surface area (Å²) in [5.74, 6) is -0.201. The number of sulfonamides is 1. The number of rotatable bonds is 6. The Balaban J connectivity index is 1.52. The number of nitrogens with one attached hydrogen (secondary N) is 1. The third-order valence-electron chi connectivity index (χ3n) is 5.37. The molecule has 0 bridgehead atoms. The highest BCUT2D eigenvalue weighted by molar-refractivity contribution is 7.89. The van der Waals surface area contributed by atoms with Gasteiger partial charge in [0.1, 0.15) is 5.82 Å². The summed E-state index contributed by atoms with van der Waals surface area (Å²) in [6.07, 6.45) is 0. The normalized spacial score (nSPS) is 15.8. The summed E-state index contributed by atoms with van der Waals surface area (Å²) in [6, 6.07) is 10.5. The standard InChI is InChI=1S/C21H28FN3O2S/c1-16-14-18(3)21(15-17(16)2)28(26,27)23-8-9-24-10-12-25(13-11-24)20-7-5-4-6-19(20)22/h4-7,14-15,23H,8-13H2,1-3H3. The Morgan fingerprint density at radius 2 is 1.61 bits per heavy atom. The zero-order valence-electron chi connectivity index (χ0n) is 16.7. The Morgan fingerprint density at radius 3 is 2.29 bits per heavy atom. The lowest BCUT2D eigenvalue weighted by Gasteiger charge is -2.36. The van der Waals surface area contributed by atoms with Gasteiger partial charge in [-0.05, 0) is 55.7 Å². The molecule has 3 rings (SSSR count). The molecule has 1 saturated heterocycles. The molecule has 152 valence electrons. The van der Waals surface area contributed by atoms with Crippen molar-refractivity contribution in [1.82, 2.24) is 9.62 Å². The minimum absolute atomic E-state index is 0.201. The summed E-state index contributed by atoms with van der Waals surface area (Å²) < 4.78 is 41.9. The maximum Gasteiger partial charge on any atom is 0.240 e. The molecule has 0 saturated carbocycles. The lowest BCUT2D eigenvalue weighted by Crippen LogP contribution is -2.48. The first-order valence-electron chi connectivity index (χ1n) is 9.57. The summed E-state index contributed by atoms with van der Waals surface area (Å²) in [5.41, 5.74) is 3.45. The van der Waals surface area contributed by atoms with Crippen LogP contribution < -0.4 is 9.62 Å². The largest absolute Gasteiger partial charge is 0.367 e. The van der Waals surface area contributed by atoms with Crippen LogP contribution in [0.25, 0.3) is 0 Å². The fraction of sp³-hybridized carbons (Fsp3) is 0.429. The summed E-state index contributed by atoms with van der Waals surface area (Å²) >= 11 is 0. The average molecular weight is 406 g/mol. The quantitative estimate of drug-likeness (QED) is 0.803. The van der Waals surface area contributed by atoms with Gasteiger partial charge in [0, 0.05) is 39.3 Å². The summed E-state index contributed by atoms with van der Waals surface area (Å²) in [7, 11) is -3.53. The predicted molar refractivity (Wildman–Crippen MR) is 111 cm³/mol. The molecule has 1 aliphatic heterocycles. The Kier molecular flexibility index (Phi) is 6.37. The lowest BCUT2D eigenvalue weighted by molar-refractivity contribution is 0.261. The minimum atomic E-state index is -3.53.